The van der Waals surface area contributed by atoms with Crippen LogP contribution in [0.2, 0.25) is 5.02 Å². The first-order valence-electron chi connectivity index (χ1n) is 8.42. The van der Waals surface area contributed by atoms with Crippen molar-refractivity contribution < 1.29 is 28.6 Å². The average molecular weight is 406 g/mol. The summed E-state index contributed by atoms with van der Waals surface area (Å²) in [4.78, 5) is 36.3. The molecule has 1 atom stereocenters. The number of methoxy groups -OCH3 is 2. The van der Waals surface area contributed by atoms with Gasteiger partial charge in [0, 0.05) is 10.7 Å². The number of rotatable bonds is 7. The summed E-state index contributed by atoms with van der Waals surface area (Å²) in [6, 6.07) is 10.8. The van der Waals surface area contributed by atoms with Crippen molar-refractivity contribution in [2.24, 2.45) is 0 Å². The number of hydrogen-bond acceptors (Lipinski definition) is 6. The normalized spacial score (nSPS) is 11.3. The van der Waals surface area contributed by atoms with Crippen molar-refractivity contribution in [1.82, 2.24) is 0 Å². The van der Waals surface area contributed by atoms with E-state index in [1.165, 1.54) is 32.4 Å². The van der Waals surface area contributed by atoms with Gasteiger partial charge in [0.2, 0.25) is 0 Å². The van der Waals surface area contributed by atoms with E-state index >= 15 is 0 Å². The number of hydrogen-bond donors (Lipinski definition) is 1. The number of carbonyl (C=O) groups is 3. The van der Waals surface area contributed by atoms with Gasteiger partial charge < -0.3 is 19.5 Å². The molecule has 0 radical (unpaired) electrons. The van der Waals surface area contributed by atoms with Gasteiger partial charge in [0.05, 0.1) is 25.3 Å². The number of amides is 1. The van der Waals surface area contributed by atoms with Crippen LogP contribution in [0.25, 0.3) is 0 Å². The van der Waals surface area contributed by atoms with E-state index in [2.05, 4.69) is 14.8 Å². The van der Waals surface area contributed by atoms with Crippen molar-refractivity contribution in [3.8, 4) is 5.75 Å². The zero-order chi connectivity index (χ0) is 20.7. The summed E-state index contributed by atoms with van der Waals surface area (Å²) in [6.45, 7) is 1.79. The highest BCUT2D eigenvalue weighted by Gasteiger charge is 2.21. The lowest BCUT2D eigenvalue weighted by molar-refractivity contribution is -0.122. The SMILES string of the molecule is CC[C@H](Oc1cccc(Cl)c1)C(=O)Nc1cc(C(=O)OC)cc(C(=O)OC)c1. The second-order valence-corrected chi connectivity index (χ2v) is 6.18. The fraction of sp³-hybridized carbons (Fsp3) is 0.250. The lowest BCUT2D eigenvalue weighted by Crippen LogP contribution is -2.32. The minimum absolute atomic E-state index is 0.101. The highest BCUT2D eigenvalue weighted by molar-refractivity contribution is 6.30. The van der Waals surface area contributed by atoms with Crippen LogP contribution in [0.5, 0.6) is 5.75 Å². The average Bonchev–Trinajstić information content (AvgIpc) is 2.70. The minimum Gasteiger partial charge on any atom is -0.481 e. The van der Waals surface area contributed by atoms with E-state index in [9.17, 15) is 14.4 Å². The molecule has 0 unspecified atom stereocenters. The van der Waals surface area contributed by atoms with E-state index in [1.54, 1.807) is 31.2 Å². The summed E-state index contributed by atoms with van der Waals surface area (Å²) < 4.78 is 15.1. The molecular formula is C20H20ClNO6. The molecule has 2 aromatic carbocycles. The first kappa shape index (κ1) is 21.2. The Morgan fingerprint density at radius 3 is 2.11 bits per heavy atom. The van der Waals surface area contributed by atoms with Crippen molar-refractivity contribution in [3.63, 3.8) is 0 Å². The van der Waals surface area contributed by atoms with Gasteiger partial charge >= 0.3 is 11.9 Å². The maximum atomic E-state index is 12.6. The van der Waals surface area contributed by atoms with Crippen molar-refractivity contribution in [1.29, 1.82) is 0 Å². The summed E-state index contributed by atoms with van der Waals surface area (Å²) in [5.74, 6) is -1.29. The highest BCUT2D eigenvalue weighted by atomic mass is 35.5. The lowest BCUT2D eigenvalue weighted by Gasteiger charge is -2.18. The van der Waals surface area contributed by atoms with E-state index < -0.39 is 23.9 Å². The Morgan fingerprint density at radius 1 is 1.00 bits per heavy atom. The third-order valence-corrected chi connectivity index (χ3v) is 4.02. The molecule has 0 spiro atoms. The molecule has 0 fully saturated rings. The molecular weight excluding hydrogens is 386 g/mol. The molecule has 1 amide bonds. The van der Waals surface area contributed by atoms with Crippen LogP contribution < -0.4 is 10.1 Å². The van der Waals surface area contributed by atoms with Gasteiger partial charge in [-0.15, -0.1) is 0 Å². The fourth-order valence-corrected chi connectivity index (χ4v) is 2.60. The third-order valence-electron chi connectivity index (χ3n) is 3.78. The molecule has 8 heteroatoms. The quantitative estimate of drug-likeness (QED) is 0.706. The van der Waals surface area contributed by atoms with Gasteiger partial charge in [-0.2, -0.15) is 0 Å². The first-order chi connectivity index (χ1) is 13.4. The standard InChI is InChI=1S/C20H20ClNO6/c1-4-17(28-16-7-5-6-14(21)11-16)18(23)22-15-9-12(19(24)26-2)8-13(10-15)20(25)27-3/h5-11,17H,4H2,1-3H3,(H,22,23)/t17-/m0/s1. The van der Waals surface area contributed by atoms with E-state index in [4.69, 9.17) is 16.3 Å². The van der Waals surface area contributed by atoms with Crippen LogP contribution in [-0.2, 0) is 14.3 Å². The molecule has 2 rings (SSSR count). The molecule has 0 aliphatic rings. The topological polar surface area (TPSA) is 90.9 Å². The van der Waals surface area contributed by atoms with Crippen LogP contribution in [0.3, 0.4) is 0 Å². The van der Waals surface area contributed by atoms with Gasteiger partial charge in [-0.25, -0.2) is 9.59 Å². The van der Waals surface area contributed by atoms with Crippen LogP contribution in [0, 0.1) is 0 Å². The fourth-order valence-electron chi connectivity index (χ4n) is 2.42. The zero-order valence-corrected chi connectivity index (χ0v) is 16.4. The van der Waals surface area contributed by atoms with E-state index in [0.717, 1.165) is 0 Å². The first-order valence-corrected chi connectivity index (χ1v) is 8.80. The lowest BCUT2D eigenvalue weighted by atomic mass is 10.1. The number of halogens is 1. The van der Waals surface area contributed by atoms with Crippen LogP contribution >= 0.6 is 11.6 Å². The predicted octanol–water partition coefficient (Wildman–Crippen LogP) is 3.71. The summed E-state index contributed by atoms with van der Waals surface area (Å²) in [5.41, 5.74) is 0.440. The van der Waals surface area contributed by atoms with E-state index in [0.29, 0.717) is 17.2 Å². The second kappa shape index (κ2) is 9.75. The summed E-state index contributed by atoms with van der Waals surface area (Å²) in [5, 5.41) is 3.14. The highest BCUT2D eigenvalue weighted by Crippen LogP contribution is 2.21. The molecule has 1 N–H and O–H groups in total. The molecule has 7 nitrogen and oxygen atoms in total. The molecule has 28 heavy (non-hydrogen) atoms. The number of esters is 2. The third kappa shape index (κ3) is 5.47. The predicted molar refractivity (Wildman–Crippen MR) is 104 cm³/mol. The molecule has 0 aromatic heterocycles. The Morgan fingerprint density at radius 2 is 1.61 bits per heavy atom. The maximum Gasteiger partial charge on any atom is 0.337 e. The molecule has 0 saturated heterocycles. The largest absolute Gasteiger partial charge is 0.481 e. The van der Waals surface area contributed by atoms with E-state index in [-0.39, 0.29) is 16.8 Å². The number of anilines is 1. The monoisotopic (exact) mass is 405 g/mol. The van der Waals surface area contributed by atoms with Gasteiger partial charge in [0.1, 0.15) is 5.75 Å². The van der Waals surface area contributed by atoms with Crippen molar-refractivity contribution >= 4 is 35.1 Å². The van der Waals surface area contributed by atoms with Gasteiger partial charge in [-0.05, 0) is 42.8 Å². The van der Waals surface area contributed by atoms with Gasteiger partial charge in [-0.3, -0.25) is 4.79 Å². The van der Waals surface area contributed by atoms with Crippen molar-refractivity contribution in [2.45, 2.75) is 19.4 Å². The van der Waals surface area contributed by atoms with Gasteiger partial charge in [0.25, 0.3) is 5.91 Å². The Kier molecular flexibility index (Phi) is 7.40. The zero-order valence-electron chi connectivity index (χ0n) is 15.7. The minimum atomic E-state index is -0.804. The van der Waals surface area contributed by atoms with Gasteiger partial charge in [0.15, 0.2) is 6.10 Å². The Balaban J connectivity index is 2.24. The smallest absolute Gasteiger partial charge is 0.337 e. The summed E-state index contributed by atoms with van der Waals surface area (Å²) in [6.07, 6.45) is -0.416. The summed E-state index contributed by atoms with van der Waals surface area (Å²) in [7, 11) is 2.44. The van der Waals surface area contributed by atoms with Crippen LogP contribution in [0.1, 0.15) is 34.1 Å². The van der Waals surface area contributed by atoms with Crippen molar-refractivity contribution in [3.05, 3.63) is 58.6 Å². The van der Waals surface area contributed by atoms with Crippen LogP contribution in [0.15, 0.2) is 42.5 Å². The summed E-state index contributed by atoms with van der Waals surface area (Å²) >= 11 is 5.93. The number of ether oxygens (including phenoxy) is 3. The number of carbonyl (C=O) groups excluding carboxylic acids is 3. The van der Waals surface area contributed by atoms with Crippen molar-refractivity contribution in [2.75, 3.05) is 19.5 Å². The van der Waals surface area contributed by atoms with Crippen LogP contribution in [0.4, 0.5) is 5.69 Å². The molecule has 0 aliphatic heterocycles. The maximum absolute atomic E-state index is 12.6. The van der Waals surface area contributed by atoms with E-state index in [1.807, 2.05) is 0 Å². The number of nitrogens with one attached hydrogen (secondary N) is 1. The Hall–Kier alpha value is -3.06. The molecule has 2 aromatic rings. The molecule has 148 valence electrons. The van der Waals surface area contributed by atoms with Gasteiger partial charge in [-0.1, -0.05) is 24.6 Å². The molecule has 0 bridgehead atoms. The molecule has 0 aliphatic carbocycles. The Bertz CT molecular complexity index is 848. The Labute approximate surface area is 167 Å². The molecule has 0 saturated carbocycles. The number of benzene rings is 2. The second-order valence-electron chi connectivity index (χ2n) is 5.74. The molecule has 0 heterocycles. The van der Waals surface area contributed by atoms with Crippen LogP contribution in [-0.4, -0.2) is 38.2 Å².